The van der Waals surface area contributed by atoms with Gasteiger partial charge in [-0.05, 0) is 56.5 Å². The van der Waals surface area contributed by atoms with Crippen LogP contribution in [0, 0.1) is 0 Å². The molecule has 1 unspecified atom stereocenters. The number of ether oxygens (including phenoxy) is 1. The van der Waals surface area contributed by atoms with Crippen molar-refractivity contribution >= 4 is 0 Å². The van der Waals surface area contributed by atoms with Crippen molar-refractivity contribution in [3.8, 4) is 5.75 Å². The van der Waals surface area contributed by atoms with Gasteiger partial charge in [0.25, 0.3) is 0 Å². The van der Waals surface area contributed by atoms with E-state index in [2.05, 4.69) is 11.5 Å². The zero-order valence-electron chi connectivity index (χ0n) is 12.8. The third-order valence-electron chi connectivity index (χ3n) is 3.99. The van der Waals surface area contributed by atoms with Crippen molar-refractivity contribution in [3.05, 3.63) is 42.5 Å². The van der Waals surface area contributed by atoms with Crippen LogP contribution in [0.5, 0.6) is 5.75 Å². The third kappa shape index (κ3) is 5.52. The summed E-state index contributed by atoms with van der Waals surface area (Å²) >= 11 is 0. The molecule has 1 aliphatic rings. The first kappa shape index (κ1) is 16.1. The first-order valence-corrected chi connectivity index (χ1v) is 8.03. The number of hydrogen-bond acceptors (Lipinski definition) is 3. The Morgan fingerprint density at radius 2 is 1.90 bits per heavy atom. The van der Waals surface area contributed by atoms with Gasteiger partial charge in [-0.2, -0.15) is 0 Å². The van der Waals surface area contributed by atoms with E-state index in [4.69, 9.17) is 4.74 Å². The minimum absolute atomic E-state index is 0.462. The van der Waals surface area contributed by atoms with E-state index < -0.39 is 6.10 Å². The molecule has 0 radical (unpaired) electrons. The average molecular weight is 289 g/mol. The zero-order chi connectivity index (χ0) is 14.9. The maximum absolute atomic E-state index is 9.85. The SMILES string of the molecule is C=CCC(O)c1ccc(OCCCN2CCCCC2)cc1. The molecule has 0 spiro atoms. The van der Waals surface area contributed by atoms with Crippen molar-refractivity contribution < 1.29 is 9.84 Å². The molecule has 1 aliphatic heterocycles. The van der Waals surface area contributed by atoms with Crippen LogP contribution in [-0.2, 0) is 0 Å². The Kier molecular flexibility index (Phi) is 6.77. The lowest BCUT2D eigenvalue weighted by Crippen LogP contribution is -2.31. The molecule has 1 aromatic carbocycles. The molecule has 0 aromatic heterocycles. The Balaban J connectivity index is 1.67. The number of likely N-dealkylation sites (tertiary alicyclic amines) is 1. The van der Waals surface area contributed by atoms with Gasteiger partial charge < -0.3 is 14.7 Å². The van der Waals surface area contributed by atoms with Crippen LogP contribution >= 0.6 is 0 Å². The Morgan fingerprint density at radius 3 is 2.57 bits per heavy atom. The van der Waals surface area contributed by atoms with Crippen LogP contribution in [0.3, 0.4) is 0 Å². The number of hydrogen-bond donors (Lipinski definition) is 1. The summed E-state index contributed by atoms with van der Waals surface area (Å²) in [6.07, 6.45) is 6.99. The summed E-state index contributed by atoms with van der Waals surface area (Å²) in [7, 11) is 0. The van der Waals surface area contributed by atoms with E-state index >= 15 is 0 Å². The summed E-state index contributed by atoms with van der Waals surface area (Å²) in [5.74, 6) is 0.878. The van der Waals surface area contributed by atoms with E-state index in [1.165, 1.54) is 32.4 Å². The normalized spacial score (nSPS) is 17.4. The summed E-state index contributed by atoms with van der Waals surface area (Å²) in [5.41, 5.74) is 0.913. The average Bonchev–Trinajstić information content (AvgIpc) is 2.53. The fourth-order valence-electron chi connectivity index (χ4n) is 2.74. The molecule has 0 amide bonds. The van der Waals surface area contributed by atoms with Crippen LogP contribution < -0.4 is 4.74 Å². The second-order valence-electron chi connectivity index (χ2n) is 5.71. The minimum atomic E-state index is -0.462. The molecule has 21 heavy (non-hydrogen) atoms. The fraction of sp³-hybridized carbons (Fsp3) is 0.556. The van der Waals surface area contributed by atoms with Gasteiger partial charge in [-0.1, -0.05) is 24.6 Å². The molecule has 3 nitrogen and oxygen atoms in total. The predicted molar refractivity (Wildman–Crippen MR) is 86.6 cm³/mol. The summed E-state index contributed by atoms with van der Waals surface area (Å²) in [6, 6.07) is 7.72. The van der Waals surface area contributed by atoms with Crippen molar-refractivity contribution in [2.24, 2.45) is 0 Å². The predicted octanol–water partition coefficient (Wildman–Crippen LogP) is 3.55. The lowest BCUT2D eigenvalue weighted by molar-refractivity contribution is 0.181. The molecule has 0 saturated carbocycles. The van der Waals surface area contributed by atoms with Crippen molar-refractivity contribution in [2.45, 2.75) is 38.2 Å². The van der Waals surface area contributed by atoms with Crippen LogP contribution in [-0.4, -0.2) is 36.2 Å². The number of rotatable bonds is 8. The maximum atomic E-state index is 9.85. The number of aliphatic hydroxyl groups excluding tert-OH is 1. The van der Waals surface area contributed by atoms with Gasteiger partial charge in [-0.3, -0.25) is 0 Å². The van der Waals surface area contributed by atoms with Gasteiger partial charge in [0.2, 0.25) is 0 Å². The minimum Gasteiger partial charge on any atom is -0.494 e. The lowest BCUT2D eigenvalue weighted by atomic mass is 10.1. The van der Waals surface area contributed by atoms with Gasteiger partial charge in [0.1, 0.15) is 5.75 Å². The van der Waals surface area contributed by atoms with Crippen molar-refractivity contribution in [2.75, 3.05) is 26.2 Å². The standard InChI is InChI=1S/C18H27NO2/c1-2-7-18(20)16-8-10-17(11-9-16)21-15-6-14-19-12-4-3-5-13-19/h2,8-11,18,20H,1,3-7,12-15H2. The Hall–Kier alpha value is -1.32. The first-order chi connectivity index (χ1) is 10.3. The molecule has 1 atom stereocenters. The molecule has 2 rings (SSSR count). The van der Waals surface area contributed by atoms with E-state index in [-0.39, 0.29) is 0 Å². The molecular formula is C18H27NO2. The lowest BCUT2D eigenvalue weighted by Gasteiger charge is -2.26. The molecule has 0 aliphatic carbocycles. The highest BCUT2D eigenvalue weighted by Gasteiger charge is 2.09. The van der Waals surface area contributed by atoms with E-state index in [9.17, 15) is 5.11 Å². The highest BCUT2D eigenvalue weighted by molar-refractivity contribution is 5.28. The third-order valence-corrected chi connectivity index (χ3v) is 3.99. The molecule has 0 bridgehead atoms. The van der Waals surface area contributed by atoms with Gasteiger partial charge in [-0.15, -0.1) is 6.58 Å². The van der Waals surface area contributed by atoms with E-state index in [0.29, 0.717) is 6.42 Å². The number of piperidine rings is 1. The van der Waals surface area contributed by atoms with E-state index in [1.54, 1.807) is 6.08 Å². The fourth-order valence-corrected chi connectivity index (χ4v) is 2.74. The summed E-state index contributed by atoms with van der Waals surface area (Å²) < 4.78 is 5.76. The molecule has 3 heteroatoms. The Bertz CT molecular complexity index is 410. The van der Waals surface area contributed by atoms with Crippen molar-refractivity contribution in [3.63, 3.8) is 0 Å². The van der Waals surface area contributed by atoms with Gasteiger partial charge in [0, 0.05) is 6.54 Å². The molecule has 1 aromatic rings. The molecule has 116 valence electrons. The second kappa shape index (κ2) is 8.85. The van der Waals surface area contributed by atoms with Crippen LogP contribution in [0.1, 0.15) is 43.8 Å². The van der Waals surface area contributed by atoms with Crippen molar-refractivity contribution in [1.29, 1.82) is 0 Å². The smallest absolute Gasteiger partial charge is 0.119 e. The van der Waals surface area contributed by atoms with Gasteiger partial charge in [-0.25, -0.2) is 0 Å². The van der Waals surface area contributed by atoms with Crippen LogP contribution in [0.25, 0.3) is 0 Å². The summed E-state index contributed by atoms with van der Waals surface area (Å²) in [6.45, 7) is 8.03. The van der Waals surface area contributed by atoms with Crippen LogP contribution in [0.4, 0.5) is 0 Å². The van der Waals surface area contributed by atoms with Crippen LogP contribution in [0.15, 0.2) is 36.9 Å². The number of nitrogens with zero attached hydrogens (tertiary/aromatic N) is 1. The Labute approximate surface area is 128 Å². The van der Waals surface area contributed by atoms with Gasteiger partial charge >= 0.3 is 0 Å². The molecule has 1 heterocycles. The zero-order valence-corrected chi connectivity index (χ0v) is 12.8. The quantitative estimate of drug-likeness (QED) is 0.587. The summed E-state index contributed by atoms with van der Waals surface area (Å²) in [5, 5.41) is 9.85. The highest BCUT2D eigenvalue weighted by Crippen LogP contribution is 2.20. The molecule has 1 saturated heterocycles. The second-order valence-corrected chi connectivity index (χ2v) is 5.71. The summed E-state index contributed by atoms with van der Waals surface area (Å²) in [4.78, 5) is 2.53. The van der Waals surface area contributed by atoms with Gasteiger partial charge in [0.05, 0.1) is 12.7 Å². The van der Waals surface area contributed by atoms with E-state index in [1.807, 2.05) is 24.3 Å². The maximum Gasteiger partial charge on any atom is 0.119 e. The molecular weight excluding hydrogens is 262 g/mol. The number of aliphatic hydroxyl groups is 1. The molecule has 1 fully saturated rings. The first-order valence-electron chi connectivity index (χ1n) is 8.03. The van der Waals surface area contributed by atoms with Crippen molar-refractivity contribution in [1.82, 2.24) is 4.90 Å². The Morgan fingerprint density at radius 1 is 1.19 bits per heavy atom. The van der Waals surface area contributed by atoms with Gasteiger partial charge in [0.15, 0.2) is 0 Å². The van der Waals surface area contributed by atoms with Crippen LogP contribution in [0.2, 0.25) is 0 Å². The largest absolute Gasteiger partial charge is 0.494 e. The highest BCUT2D eigenvalue weighted by atomic mass is 16.5. The monoisotopic (exact) mass is 289 g/mol. The topological polar surface area (TPSA) is 32.7 Å². The number of benzene rings is 1. The molecule has 1 N–H and O–H groups in total. The van der Waals surface area contributed by atoms with E-state index in [0.717, 1.165) is 30.9 Å².